The van der Waals surface area contributed by atoms with Crippen LogP contribution in [0.5, 0.6) is 5.75 Å². The summed E-state index contributed by atoms with van der Waals surface area (Å²) in [5.74, 6) is 2.79. The number of aromatic nitrogens is 1. The highest BCUT2D eigenvalue weighted by Gasteiger charge is 2.43. The summed E-state index contributed by atoms with van der Waals surface area (Å²) in [7, 11) is 1.83. The summed E-state index contributed by atoms with van der Waals surface area (Å²) in [6, 6.07) is 8.63. The maximum atomic E-state index is 6.47. The van der Waals surface area contributed by atoms with Gasteiger partial charge >= 0.3 is 0 Å². The Balaban J connectivity index is 0.00000256. The second-order valence-electron chi connectivity index (χ2n) is 8.34. The lowest BCUT2D eigenvalue weighted by molar-refractivity contribution is 0.0396. The number of rotatable bonds is 5. The molecule has 0 saturated heterocycles. The highest BCUT2D eigenvalue weighted by molar-refractivity contribution is 14.0. The lowest BCUT2D eigenvalue weighted by Gasteiger charge is -2.40. The van der Waals surface area contributed by atoms with Gasteiger partial charge in [-0.15, -0.1) is 24.0 Å². The maximum Gasteiger partial charge on any atom is 0.191 e. The molecule has 4 rings (SSSR count). The maximum absolute atomic E-state index is 6.47. The molecule has 2 aromatic rings. The molecule has 0 bridgehead atoms. The van der Waals surface area contributed by atoms with Crippen LogP contribution in [0.25, 0.3) is 0 Å². The average Bonchev–Trinajstić information content (AvgIpc) is 3.30. The molecule has 6 nitrogen and oxygen atoms in total. The highest BCUT2D eigenvalue weighted by atomic mass is 127. The average molecular weight is 524 g/mol. The second-order valence-corrected chi connectivity index (χ2v) is 8.34. The zero-order valence-electron chi connectivity index (χ0n) is 18.2. The monoisotopic (exact) mass is 524 g/mol. The number of aryl methyl sites for hydroxylation is 2. The number of hydrogen-bond acceptors (Lipinski definition) is 4. The van der Waals surface area contributed by atoms with E-state index in [1.54, 1.807) is 0 Å². The summed E-state index contributed by atoms with van der Waals surface area (Å²) >= 11 is 0. The van der Waals surface area contributed by atoms with Crippen molar-refractivity contribution in [1.82, 2.24) is 15.8 Å². The Morgan fingerprint density at radius 2 is 2.00 bits per heavy atom. The topological polar surface area (TPSA) is 71.7 Å². The third kappa shape index (κ3) is 4.92. The fraction of sp³-hybridized carbons (Fsp3) is 0.565. The van der Waals surface area contributed by atoms with Crippen LogP contribution in [0.1, 0.15) is 67.1 Å². The Morgan fingerprint density at radius 3 is 2.70 bits per heavy atom. The second kappa shape index (κ2) is 10.0. The Kier molecular flexibility index (Phi) is 7.65. The van der Waals surface area contributed by atoms with Crippen LogP contribution in [0.4, 0.5) is 0 Å². The third-order valence-electron chi connectivity index (χ3n) is 6.32. The van der Waals surface area contributed by atoms with Gasteiger partial charge in [0.2, 0.25) is 0 Å². The predicted molar refractivity (Wildman–Crippen MR) is 130 cm³/mol. The van der Waals surface area contributed by atoms with Gasteiger partial charge in [-0.3, -0.25) is 4.99 Å². The van der Waals surface area contributed by atoms with Crippen molar-refractivity contribution in [3.05, 3.63) is 46.8 Å². The van der Waals surface area contributed by atoms with Gasteiger partial charge in [-0.05, 0) is 58.4 Å². The van der Waals surface area contributed by atoms with Gasteiger partial charge in [0.05, 0.1) is 11.7 Å². The fourth-order valence-corrected chi connectivity index (χ4v) is 4.76. The molecule has 1 unspecified atom stereocenters. The van der Waals surface area contributed by atoms with Crippen molar-refractivity contribution >= 4 is 29.9 Å². The van der Waals surface area contributed by atoms with Gasteiger partial charge in [0.1, 0.15) is 17.1 Å². The molecule has 2 aliphatic rings. The zero-order valence-corrected chi connectivity index (χ0v) is 20.5. The summed E-state index contributed by atoms with van der Waals surface area (Å²) in [4.78, 5) is 4.46. The molecule has 1 aliphatic heterocycles. The number of guanidine groups is 1. The van der Waals surface area contributed by atoms with E-state index in [0.717, 1.165) is 61.8 Å². The predicted octanol–water partition coefficient (Wildman–Crippen LogP) is 4.84. The SMILES string of the molecule is CN=C(NCCCc1c(C)noc1C)NC1CC2(CCCC2)Oc2ccccc21.I. The van der Waals surface area contributed by atoms with Gasteiger partial charge in [-0.2, -0.15) is 0 Å². The molecular weight excluding hydrogens is 491 g/mol. The molecule has 2 heterocycles. The van der Waals surface area contributed by atoms with Gasteiger partial charge in [-0.1, -0.05) is 23.4 Å². The summed E-state index contributed by atoms with van der Waals surface area (Å²) in [5.41, 5.74) is 3.42. The molecule has 7 heteroatoms. The molecule has 1 aromatic carbocycles. The van der Waals surface area contributed by atoms with Crippen molar-refractivity contribution in [2.45, 2.75) is 70.4 Å². The minimum atomic E-state index is -0.0196. The number of aliphatic imine (C=N–C) groups is 1. The van der Waals surface area contributed by atoms with Crippen molar-refractivity contribution in [2.75, 3.05) is 13.6 Å². The highest BCUT2D eigenvalue weighted by Crippen LogP contribution is 2.46. The van der Waals surface area contributed by atoms with E-state index in [9.17, 15) is 0 Å². The van der Waals surface area contributed by atoms with Gasteiger partial charge < -0.3 is 19.9 Å². The number of benzene rings is 1. The number of nitrogens with zero attached hydrogens (tertiary/aromatic N) is 2. The smallest absolute Gasteiger partial charge is 0.191 e. The molecule has 2 N–H and O–H groups in total. The lowest BCUT2D eigenvalue weighted by Crippen LogP contribution is -2.46. The quantitative estimate of drug-likeness (QED) is 0.254. The van der Waals surface area contributed by atoms with Gasteiger partial charge in [-0.25, -0.2) is 0 Å². The van der Waals surface area contributed by atoms with Crippen LogP contribution >= 0.6 is 24.0 Å². The molecule has 1 aromatic heterocycles. The van der Waals surface area contributed by atoms with E-state index < -0.39 is 0 Å². The first-order valence-electron chi connectivity index (χ1n) is 10.8. The first-order valence-corrected chi connectivity index (χ1v) is 10.8. The first-order chi connectivity index (χ1) is 14.1. The fourth-order valence-electron chi connectivity index (χ4n) is 4.76. The number of fused-ring (bicyclic) bond motifs is 1. The molecule has 0 amide bonds. The van der Waals surface area contributed by atoms with Crippen molar-refractivity contribution < 1.29 is 9.26 Å². The van der Waals surface area contributed by atoms with Crippen molar-refractivity contribution in [3.8, 4) is 5.75 Å². The zero-order chi connectivity index (χ0) is 20.3. The summed E-state index contributed by atoms with van der Waals surface area (Å²) in [5, 5.41) is 11.2. The molecule has 0 radical (unpaired) electrons. The number of halogens is 1. The van der Waals surface area contributed by atoms with Crippen molar-refractivity contribution in [2.24, 2.45) is 4.99 Å². The summed E-state index contributed by atoms with van der Waals surface area (Å²) < 4.78 is 11.7. The minimum absolute atomic E-state index is 0. The molecular formula is C23H33IN4O2. The lowest BCUT2D eigenvalue weighted by atomic mass is 9.86. The van der Waals surface area contributed by atoms with E-state index in [1.807, 2.05) is 20.9 Å². The van der Waals surface area contributed by atoms with Crippen LogP contribution in [0, 0.1) is 13.8 Å². The van der Waals surface area contributed by atoms with E-state index in [-0.39, 0.29) is 35.6 Å². The number of hydrogen-bond donors (Lipinski definition) is 2. The van der Waals surface area contributed by atoms with E-state index in [2.05, 4.69) is 45.0 Å². The summed E-state index contributed by atoms with van der Waals surface area (Å²) in [6.45, 7) is 4.83. The molecule has 1 spiro atoms. The van der Waals surface area contributed by atoms with Crippen LogP contribution in [0.2, 0.25) is 0 Å². The molecule has 1 atom stereocenters. The first kappa shape index (κ1) is 22.9. The molecule has 1 aliphatic carbocycles. The number of nitrogens with one attached hydrogen (secondary N) is 2. The minimum Gasteiger partial charge on any atom is -0.487 e. The Bertz CT molecular complexity index is 854. The van der Waals surface area contributed by atoms with Crippen molar-refractivity contribution in [1.29, 1.82) is 0 Å². The Morgan fingerprint density at radius 1 is 1.23 bits per heavy atom. The Labute approximate surface area is 196 Å². The van der Waals surface area contributed by atoms with Gasteiger partial charge in [0.15, 0.2) is 5.96 Å². The van der Waals surface area contributed by atoms with Gasteiger partial charge in [0.25, 0.3) is 0 Å². The molecule has 1 fully saturated rings. The number of ether oxygens (including phenoxy) is 1. The van der Waals surface area contributed by atoms with E-state index in [4.69, 9.17) is 9.26 Å². The van der Waals surface area contributed by atoms with E-state index >= 15 is 0 Å². The van der Waals surface area contributed by atoms with E-state index in [0.29, 0.717) is 0 Å². The molecule has 1 saturated carbocycles. The van der Waals surface area contributed by atoms with Crippen molar-refractivity contribution in [3.63, 3.8) is 0 Å². The Hall–Kier alpha value is -1.77. The normalized spacial score (nSPS) is 19.7. The number of para-hydroxylation sites is 1. The van der Waals surface area contributed by atoms with E-state index in [1.165, 1.54) is 24.0 Å². The van der Waals surface area contributed by atoms with Gasteiger partial charge in [0, 0.05) is 31.1 Å². The van der Waals surface area contributed by atoms with Crippen LogP contribution in [-0.4, -0.2) is 30.3 Å². The van der Waals surface area contributed by atoms with Crippen LogP contribution in [0.3, 0.4) is 0 Å². The molecule has 30 heavy (non-hydrogen) atoms. The standard InChI is InChI=1S/C23H32N4O2.HI/c1-16-18(17(2)29-27-16)10-8-14-25-22(24-3)26-20-15-23(12-6-7-13-23)28-21-11-5-4-9-19(20)21;/h4-5,9,11,20H,6-8,10,12-15H2,1-3H3,(H2,24,25,26);1H. The van der Waals surface area contributed by atoms with Crippen LogP contribution < -0.4 is 15.4 Å². The van der Waals surface area contributed by atoms with Crippen LogP contribution in [-0.2, 0) is 6.42 Å². The largest absolute Gasteiger partial charge is 0.487 e. The van der Waals surface area contributed by atoms with Crippen LogP contribution in [0.15, 0.2) is 33.8 Å². The summed E-state index contributed by atoms with van der Waals surface area (Å²) in [6.07, 6.45) is 7.73. The third-order valence-corrected chi connectivity index (χ3v) is 6.32. The molecule has 164 valence electrons.